The van der Waals surface area contributed by atoms with Crippen LogP contribution in [-0.2, 0) is 14.6 Å². The van der Waals surface area contributed by atoms with E-state index in [0.717, 1.165) is 0 Å². The van der Waals surface area contributed by atoms with E-state index in [4.69, 9.17) is 16.3 Å². The third kappa shape index (κ3) is 3.00. The second kappa shape index (κ2) is 5.70. The van der Waals surface area contributed by atoms with Gasteiger partial charge in [0.1, 0.15) is 11.1 Å². The number of rotatable bonds is 2. The van der Waals surface area contributed by atoms with Crippen LogP contribution in [0.15, 0.2) is 6.07 Å². The Bertz CT molecular complexity index is 638. The Kier molecular flexibility index (Phi) is 4.07. The highest BCUT2D eigenvalue weighted by molar-refractivity contribution is 7.91. The Balaban J connectivity index is 1.96. The first-order valence-electron chi connectivity index (χ1n) is 7.08. The predicted molar refractivity (Wildman–Crippen MR) is 80.4 cm³/mol. The minimum atomic E-state index is -3.11. The Morgan fingerprint density at radius 1 is 1.43 bits per heavy atom. The first-order chi connectivity index (χ1) is 9.97. The monoisotopic (exact) mass is 331 g/mol. The molecule has 0 radical (unpaired) electrons. The molecular formula is C13H18ClN3O3S. The normalized spacial score (nSPS) is 28.8. The Hall–Kier alpha value is -0.920. The topological polar surface area (TPSA) is 72.4 Å². The van der Waals surface area contributed by atoms with Gasteiger partial charge in [0.2, 0.25) is 5.28 Å². The Labute approximate surface area is 129 Å². The van der Waals surface area contributed by atoms with Crippen molar-refractivity contribution in [2.24, 2.45) is 0 Å². The zero-order chi connectivity index (χ0) is 15.0. The van der Waals surface area contributed by atoms with E-state index in [1.807, 2.05) is 6.92 Å². The van der Waals surface area contributed by atoms with Gasteiger partial charge >= 0.3 is 0 Å². The Morgan fingerprint density at radius 2 is 2.24 bits per heavy atom. The average Bonchev–Trinajstić information content (AvgIpc) is 2.78. The van der Waals surface area contributed by atoms with Crippen LogP contribution in [0.2, 0.25) is 5.28 Å². The number of anilines is 1. The number of hydrogen-bond acceptors (Lipinski definition) is 6. The van der Waals surface area contributed by atoms with Crippen molar-refractivity contribution in [1.82, 2.24) is 9.97 Å². The molecule has 0 aliphatic carbocycles. The first-order valence-corrected chi connectivity index (χ1v) is 9.17. The summed E-state index contributed by atoms with van der Waals surface area (Å²) < 4.78 is 29.6. The van der Waals surface area contributed by atoms with E-state index in [9.17, 15) is 8.42 Å². The summed E-state index contributed by atoms with van der Waals surface area (Å²) >= 11 is 6.01. The maximum atomic E-state index is 12.1. The van der Waals surface area contributed by atoms with E-state index in [1.54, 1.807) is 6.07 Å². The molecule has 3 heterocycles. The number of aromatic nitrogens is 2. The van der Waals surface area contributed by atoms with Crippen molar-refractivity contribution in [2.45, 2.75) is 31.1 Å². The van der Waals surface area contributed by atoms with Crippen LogP contribution in [-0.4, -0.2) is 49.9 Å². The molecule has 2 atom stereocenters. The quantitative estimate of drug-likeness (QED) is 0.767. The van der Waals surface area contributed by atoms with Gasteiger partial charge in [-0.1, -0.05) is 0 Å². The number of ether oxygens (including phenoxy) is 1. The highest BCUT2D eigenvalue weighted by Gasteiger charge is 2.35. The average molecular weight is 332 g/mol. The summed E-state index contributed by atoms with van der Waals surface area (Å²) in [7, 11) is -3.11. The molecule has 0 bridgehead atoms. The number of nitrogens with zero attached hydrogens (tertiary/aromatic N) is 3. The van der Waals surface area contributed by atoms with Crippen molar-refractivity contribution < 1.29 is 13.2 Å². The molecule has 2 aliphatic rings. The fourth-order valence-electron chi connectivity index (χ4n) is 2.93. The van der Waals surface area contributed by atoms with Crippen LogP contribution in [0.1, 0.15) is 30.7 Å². The minimum Gasteiger partial charge on any atom is -0.377 e. The van der Waals surface area contributed by atoms with Gasteiger partial charge in [0.25, 0.3) is 0 Å². The van der Waals surface area contributed by atoms with E-state index < -0.39 is 15.1 Å². The summed E-state index contributed by atoms with van der Waals surface area (Å²) in [6, 6.07) is 1.94. The first kappa shape index (κ1) is 15.0. The van der Waals surface area contributed by atoms with Crippen LogP contribution in [0.5, 0.6) is 0 Å². The zero-order valence-corrected chi connectivity index (χ0v) is 13.4. The molecule has 0 saturated carbocycles. The molecule has 2 unspecified atom stereocenters. The van der Waals surface area contributed by atoms with Crippen molar-refractivity contribution in [3.05, 3.63) is 17.0 Å². The van der Waals surface area contributed by atoms with Gasteiger partial charge in [-0.25, -0.2) is 18.4 Å². The third-order valence-electron chi connectivity index (χ3n) is 4.03. The summed E-state index contributed by atoms with van der Waals surface area (Å²) in [5.74, 6) is 0.908. The van der Waals surface area contributed by atoms with Crippen LogP contribution in [0, 0.1) is 0 Å². The summed E-state index contributed by atoms with van der Waals surface area (Å²) in [5, 5.41) is -0.448. The van der Waals surface area contributed by atoms with Crippen molar-refractivity contribution >= 4 is 27.3 Å². The second-order valence-corrected chi connectivity index (χ2v) is 8.18. The lowest BCUT2D eigenvalue weighted by Gasteiger charge is -2.34. The molecule has 116 valence electrons. The molecule has 0 aromatic carbocycles. The Morgan fingerprint density at radius 3 is 2.90 bits per heavy atom. The fourth-order valence-corrected chi connectivity index (χ4v) is 4.98. The highest BCUT2D eigenvalue weighted by Crippen LogP contribution is 2.35. The van der Waals surface area contributed by atoms with Gasteiger partial charge in [-0.15, -0.1) is 0 Å². The molecule has 1 aromatic rings. The SMILES string of the molecule is CC1COCCN1c1cc(C2CCCS2(=O)=O)nc(Cl)n1. The number of halogens is 1. The molecule has 2 aliphatic heterocycles. The van der Waals surface area contributed by atoms with Crippen LogP contribution < -0.4 is 4.90 Å². The van der Waals surface area contributed by atoms with Crippen molar-refractivity contribution in [3.8, 4) is 0 Å². The molecule has 6 nitrogen and oxygen atoms in total. The standard InChI is InChI=1S/C13H18ClN3O3S/c1-9-8-20-5-4-17(9)12-7-10(15-13(14)16-12)11-3-2-6-21(11,18)19/h7,9,11H,2-6,8H2,1H3. The van der Waals surface area contributed by atoms with E-state index in [2.05, 4.69) is 14.9 Å². The van der Waals surface area contributed by atoms with Crippen LogP contribution >= 0.6 is 11.6 Å². The van der Waals surface area contributed by atoms with Gasteiger partial charge in [0, 0.05) is 12.6 Å². The zero-order valence-electron chi connectivity index (χ0n) is 11.8. The van der Waals surface area contributed by atoms with E-state index in [0.29, 0.717) is 44.1 Å². The molecule has 8 heteroatoms. The van der Waals surface area contributed by atoms with Gasteiger partial charge in [0.15, 0.2) is 9.84 Å². The molecule has 0 spiro atoms. The molecule has 21 heavy (non-hydrogen) atoms. The van der Waals surface area contributed by atoms with E-state index in [1.165, 1.54) is 0 Å². The lowest BCUT2D eigenvalue weighted by Crippen LogP contribution is -2.44. The molecular weight excluding hydrogens is 314 g/mol. The number of hydrogen-bond donors (Lipinski definition) is 0. The summed E-state index contributed by atoms with van der Waals surface area (Å²) in [6.45, 7) is 4.01. The molecule has 3 rings (SSSR count). The number of sulfone groups is 1. The van der Waals surface area contributed by atoms with Crippen LogP contribution in [0.25, 0.3) is 0 Å². The molecule has 0 N–H and O–H groups in total. The molecule has 2 saturated heterocycles. The van der Waals surface area contributed by atoms with Crippen molar-refractivity contribution in [1.29, 1.82) is 0 Å². The molecule has 1 aromatic heterocycles. The largest absolute Gasteiger partial charge is 0.377 e. The minimum absolute atomic E-state index is 0.100. The lowest BCUT2D eigenvalue weighted by molar-refractivity contribution is 0.0985. The number of morpholine rings is 1. The van der Waals surface area contributed by atoms with Gasteiger partial charge in [-0.05, 0) is 31.4 Å². The molecule has 2 fully saturated rings. The summed E-state index contributed by atoms with van der Waals surface area (Å²) in [5.41, 5.74) is 0.515. The summed E-state index contributed by atoms with van der Waals surface area (Å²) in [4.78, 5) is 10.5. The fraction of sp³-hybridized carbons (Fsp3) is 0.692. The van der Waals surface area contributed by atoms with Crippen molar-refractivity contribution in [2.75, 3.05) is 30.4 Å². The van der Waals surface area contributed by atoms with Crippen LogP contribution in [0.3, 0.4) is 0 Å². The van der Waals surface area contributed by atoms with Gasteiger partial charge in [-0.2, -0.15) is 0 Å². The van der Waals surface area contributed by atoms with Gasteiger partial charge < -0.3 is 9.64 Å². The second-order valence-electron chi connectivity index (χ2n) is 5.54. The maximum absolute atomic E-state index is 12.1. The summed E-state index contributed by atoms with van der Waals surface area (Å²) in [6.07, 6.45) is 1.28. The highest BCUT2D eigenvalue weighted by atomic mass is 35.5. The predicted octanol–water partition coefficient (Wildman–Crippen LogP) is 1.60. The maximum Gasteiger partial charge on any atom is 0.224 e. The third-order valence-corrected chi connectivity index (χ3v) is 6.40. The smallest absolute Gasteiger partial charge is 0.224 e. The van der Waals surface area contributed by atoms with E-state index >= 15 is 0 Å². The van der Waals surface area contributed by atoms with Crippen molar-refractivity contribution in [3.63, 3.8) is 0 Å². The lowest BCUT2D eigenvalue weighted by atomic mass is 10.2. The van der Waals surface area contributed by atoms with Crippen LogP contribution in [0.4, 0.5) is 5.82 Å². The van der Waals surface area contributed by atoms with Gasteiger partial charge in [-0.3, -0.25) is 0 Å². The van der Waals surface area contributed by atoms with Gasteiger partial charge in [0.05, 0.1) is 30.7 Å². The molecule has 0 amide bonds. The van der Waals surface area contributed by atoms with E-state index in [-0.39, 0.29) is 17.1 Å².